The number of hydrogen-bond donors (Lipinski definition) is 1. The van der Waals surface area contributed by atoms with Gasteiger partial charge in [0.2, 0.25) is 0 Å². The van der Waals surface area contributed by atoms with Crippen molar-refractivity contribution < 1.29 is 4.74 Å². The quantitative estimate of drug-likeness (QED) is 0.600. The van der Waals surface area contributed by atoms with Crippen molar-refractivity contribution in [3.8, 4) is 0 Å². The number of hydrogen-bond acceptors (Lipinski definition) is 2. The van der Waals surface area contributed by atoms with Crippen molar-refractivity contribution in [2.75, 3.05) is 5.75 Å². The predicted molar refractivity (Wildman–Crippen MR) is 51.1 cm³/mol. The summed E-state index contributed by atoms with van der Waals surface area (Å²) in [6.45, 7) is 6.62. The van der Waals surface area contributed by atoms with Gasteiger partial charge in [-0.3, -0.25) is 0 Å². The van der Waals surface area contributed by atoms with E-state index in [1.807, 2.05) is 0 Å². The average Bonchev–Trinajstić information content (AvgIpc) is 1.85. The first-order valence-corrected chi connectivity index (χ1v) is 5.04. The first kappa shape index (κ1) is 9.40. The van der Waals surface area contributed by atoms with Gasteiger partial charge in [-0.2, -0.15) is 12.6 Å². The Labute approximate surface area is 74.9 Å². The van der Waals surface area contributed by atoms with Gasteiger partial charge in [-0.15, -0.1) is 0 Å². The summed E-state index contributed by atoms with van der Waals surface area (Å²) in [7, 11) is 0. The SMILES string of the molecule is CC1C[C@H](C)O[C@@H](C)C1CS. The summed E-state index contributed by atoms with van der Waals surface area (Å²) in [5.41, 5.74) is 0. The molecule has 0 saturated carbocycles. The highest BCUT2D eigenvalue weighted by molar-refractivity contribution is 7.80. The monoisotopic (exact) mass is 174 g/mol. The topological polar surface area (TPSA) is 9.23 Å². The van der Waals surface area contributed by atoms with E-state index in [-0.39, 0.29) is 0 Å². The van der Waals surface area contributed by atoms with E-state index in [1.165, 1.54) is 6.42 Å². The van der Waals surface area contributed by atoms with Crippen LogP contribution in [0.25, 0.3) is 0 Å². The van der Waals surface area contributed by atoms with Crippen molar-refractivity contribution in [3.05, 3.63) is 0 Å². The fourth-order valence-electron chi connectivity index (χ4n) is 2.01. The van der Waals surface area contributed by atoms with Crippen LogP contribution < -0.4 is 0 Å². The second-order valence-electron chi connectivity index (χ2n) is 3.71. The summed E-state index contributed by atoms with van der Waals surface area (Å²) >= 11 is 4.33. The van der Waals surface area contributed by atoms with Gasteiger partial charge < -0.3 is 4.74 Å². The van der Waals surface area contributed by atoms with Gasteiger partial charge in [0.05, 0.1) is 12.2 Å². The zero-order valence-electron chi connectivity index (χ0n) is 7.58. The highest BCUT2D eigenvalue weighted by atomic mass is 32.1. The number of thiol groups is 1. The second-order valence-corrected chi connectivity index (χ2v) is 4.08. The van der Waals surface area contributed by atoms with E-state index in [0.717, 1.165) is 11.7 Å². The molecule has 2 unspecified atom stereocenters. The van der Waals surface area contributed by atoms with Gasteiger partial charge in [0.1, 0.15) is 0 Å². The fraction of sp³-hybridized carbons (Fsp3) is 1.00. The van der Waals surface area contributed by atoms with Crippen LogP contribution in [0.1, 0.15) is 27.2 Å². The summed E-state index contributed by atoms with van der Waals surface area (Å²) < 4.78 is 5.71. The van der Waals surface area contributed by atoms with Crippen LogP contribution in [0.5, 0.6) is 0 Å². The van der Waals surface area contributed by atoms with Crippen molar-refractivity contribution in [1.82, 2.24) is 0 Å². The molecule has 0 bridgehead atoms. The molecule has 1 nitrogen and oxygen atoms in total. The molecule has 0 radical (unpaired) electrons. The Morgan fingerprint density at radius 1 is 1.36 bits per heavy atom. The van der Waals surface area contributed by atoms with Crippen LogP contribution in [0, 0.1) is 11.8 Å². The maximum atomic E-state index is 5.71. The highest BCUT2D eigenvalue weighted by Gasteiger charge is 2.30. The van der Waals surface area contributed by atoms with Crippen LogP contribution in [0.3, 0.4) is 0 Å². The van der Waals surface area contributed by atoms with Crippen LogP contribution in [-0.4, -0.2) is 18.0 Å². The lowest BCUT2D eigenvalue weighted by Gasteiger charge is -2.37. The van der Waals surface area contributed by atoms with Gasteiger partial charge in [-0.05, 0) is 37.9 Å². The molecule has 66 valence electrons. The first-order chi connectivity index (χ1) is 5.15. The van der Waals surface area contributed by atoms with Gasteiger partial charge in [-0.25, -0.2) is 0 Å². The van der Waals surface area contributed by atoms with Crippen LogP contribution in [-0.2, 0) is 4.74 Å². The van der Waals surface area contributed by atoms with E-state index in [2.05, 4.69) is 33.4 Å². The third-order valence-electron chi connectivity index (χ3n) is 2.70. The largest absolute Gasteiger partial charge is 0.375 e. The van der Waals surface area contributed by atoms with E-state index in [1.54, 1.807) is 0 Å². The predicted octanol–water partition coefficient (Wildman–Crippen LogP) is 2.37. The van der Waals surface area contributed by atoms with Crippen LogP contribution in [0.2, 0.25) is 0 Å². The molecular formula is C9H18OS. The van der Waals surface area contributed by atoms with Crippen LogP contribution in [0.4, 0.5) is 0 Å². The van der Waals surface area contributed by atoms with Crippen molar-refractivity contribution in [2.24, 2.45) is 11.8 Å². The van der Waals surface area contributed by atoms with E-state index in [0.29, 0.717) is 18.1 Å². The normalized spacial score (nSPS) is 45.8. The van der Waals surface area contributed by atoms with Crippen molar-refractivity contribution in [3.63, 3.8) is 0 Å². The smallest absolute Gasteiger partial charge is 0.0589 e. The third-order valence-corrected chi connectivity index (χ3v) is 3.12. The Morgan fingerprint density at radius 3 is 2.45 bits per heavy atom. The van der Waals surface area contributed by atoms with E-state index in [4.69, 9.17) is 4.74 Å². The Balaban J connectivity index is 2.52. The molecule has 0 aromatic heterocycles. The molecule has 1 fully saturated rings. The van der Waals surface area contributed by atoms with Gasteiger partial charge in [0, 0.05) is 0 Å². The van der Waals surface area contributed by atoms with Crippen molar-refractivity contribution in [1.29, 1.82) is 0 Å². The number of ether oxygens (including phenoxy) is 1. The molecule has 0 aromatic rings. The summed E-state index contributed by atoms with van der Waals surface area (Å²) in [5, 5.41) is 0. The molecule has 0 amide bonds. The molecule has 0 spiro atoms. The molecular weight excluding hydrogens is 156 g/mol. The van der Waals surface area contributed by atoms with Gasteiger partial charge in [0.15, 0.2) is 0 Å². The zero-order valence-corrected chi connectivity index (χ0v) is 8.47. The molecule has 0 N–H and O–H groups in total. The molecule has 1 heterocycles. The molecule has 1 aliphatic rings. The second kappa shape index (κ2) is 3.81. The molecule has 0 aromatic carbocycles. The lowest BCUT2D eigenvalue weighted by Crippen LogP contribution is -2.38. The maximum absolute atomic E-state index is 5.71. The van der Waals surface area contributed by atoms with Gasteiger partial charge >= 0.3 is 0 Å². The Bertz CT molecular complexity index is 115. The van der Waals surface area contributed by atoms with Crippen LogP contribution in [0.15, 0.2) is 0 Å². The minimum absolute atomic E-state index is 0.395. The Hall–Kier alpha value is 0.310. The molecule has 2 heteroatoms. The summed E-state index contributed by atoms with van der Waals surface area (Å²) in [6.07, 6.45) is 2.03. The lowest BCUT2D eigenvalue weighted by molar-refractivity contribution is -0.0812. The number of rotatable bonds is 1. The molecule has 0 aliphatic carbocycles. The third kappa shape index (κ3) is 2.12. The zero-order chi connectivity index (χ0) is 8.43. The van der Waals surface area contributed by atoms with Crippen molar-refractivity contribution >= 4 is 12.6 Å². The van der Waals surface area contributed by atoms with E-state index >= 15 is 0 Å². The molecule has 11 heavy (non-hydrogen) atoms. The molecule has 1 aliphatic heterocycles. The summed E-state index contributed by atoms with van der Waals surface area (Å²) in [6, 6.07) is 0. The Kier molecular flexibility index (Phi) is 3.26. The minimum Gasteiger partial charge on any atom is -0.375 e. The lowest BCUT2D eigenvalue weighted by atomic mass is 9.84. The average molecular weight is 174 g/mol. The standard InChI is InChI=1S/C9H18OS/c1-6-4-7(2)10-8(3)9(6)5-11/h6-9,11H,4-5H2,1-3H3/t6?,7-,8-,9?/m0/s1. The van der Waals surface area contributed by atoms with E-state index in [9.17, 15) is 0 Å². The summed E-state index contributed by atoms with van der Waals surface area (Å²) in [4.78, 5) is 0. The van der Waals surface area contributed by atoms with Gasteiger partial charge in [-0.1, -0.05) is 6.92 Å². The van der Waals surface area contributed by atoms with Gasteiger partial charge in [0.25, 0.3) is 0 Å². The minimum atomic E-state index is 0.395. The van der Waals surface area contributed by atoms with Crippen LogP contribution >= 0.6 is 12.6 Å². The fourth-order valence-corrected chi connectivity index (χ4v) is 2.67. The molecule has 4 atom stereocenters. The van der Waals surface area contributed by atoms with Crippen molar-refractivity contribution in [2.45, 2.75) is 39.4 Å². The first-order valence-electron chi connectivity index (χ1n) is 4.41. The van der Waals surface area contributed by atoms with E-state index < -0.39 is 0 Å². The molecule has 1 rings (SSSR count). The highest BCUT2D eigenvalue weighted by Crippen LogP contribution is 2.30. The molecule has 1 saturated heterocycles. The Morgan fingerprint density at radius 2 is 2.00 bits per heavy atom. The maximum Gasteiger partial charge on any atom is 0.0589 e. The summed E-state index contributed by atoms with van der Waals surface area (Å²) in [5.74, 6) is 2.37.